The van der Waals surface area contributed by atoms with E-state index < -0.39 is 0 Å². The monoisotopic (exact) mass is 270 g/mol. The van der Waals surface area contributed by atoms with Crippen molar-refractivity contribution >= 4 is 17.1 Å². The lowest BCUT2D eigenvalue weighted by atomic mass is 9.83. The molecule has 0 radical (unpaired) electrons. The Balaban J connectivity index is 1.79. The number of hydrogen-bond donors (Lipinski definition) is 0. The number of carbonyl (C=O) groups excluding carboxylic acids is 1. The topological polar surface area (TPSA) is 17.1 Å². The van der Waals surface area contributed by atoms with Crippen molar-refractivity contribution in [3.8, 4) is 0 Å². The third-order valence-corrected chi connectivity index (χ3v) is 4.90. The van der Waals surface area contributed by atoms with Gasteiger partial charge in [0.2, 0.25) is 0 Å². The summed E-state index contributed by atoms with van der Waals surface area (Å²) >= 11 is 1.80. The van der Waals surface area contributed by atoms with Crippen LogP contribution in [0.15, 0.2) is 35.7 Å². The highest BCUT2D eigenvalue weighted by Crippen LogP contribution is 2.36. The highest BCUT2D eigenvalue weighted by Gasteiger charge is 2.26. The summed E-state index contributed by atoms with van der Waals surface area (Å²) in [7, 11) is 0. The maximum atomic E-state index is 12.5. The van der Waals surface area contributed by atoms with Gasteiger partial charge in [-0.3, -0.25) is 4.79 Å². The summed E-state index contributed by atoms with van der Waals surface area (Å²) in [4.78, 5) is 14.0. The van der Waals surface area contributed by atoms with E-state index in [2.05, 4.69) is 36.6 Å². The molecule has 0 saturated carbocycles. The molecule has 2 aromatic rings. The zero-order valence-electron chi connectivity index (χ0n) is 11.2. The Labute approximate surface area is 118 Å². The second kappa shape index (κ2) is 5.30. The first-order valence-corrected chi connectivity index (χ1v) is 7.76. The lowest BCUT2D eigenvalue weighted by molar-refractivity contribution is -0.120. The first-order valence-electron chi connectivity index (χ1n) is 6.88. The van der Waals surface area contributed by atoms with Crippen LogP contribution in [0.5, 0.6) is 0 Å². The normalized spacial score (nSPS) is 18.1. The fourth-order valence-electron chi connectivity index (χ4n) is 2.97. The van der Waals surface area contributed by atoms with Crippen LogP contribution in [0.2, 0.25) is 0 Å². The summed E-state index contributed by atoms with van der Waals surface area (Å²) in [5.41, 5.74) is 3.67. The van der Waals surface area contributed by atoms with Crippen LogP contribution in [0.25, 0.3) is 0 Å². The molecule has 1 unspecified atom stereocenters. The van der Waals surface area contributed by atoms with Crippen LogP contribution < -0.4 is 0 Å². The minimum absolute atomic E-state index is 0.135. The van der Waals surface area contributed by atoms with Crippen LogP contribution in [0.3, 0.4) is 0 Å². The van der Waals surface area contributed by atoms with Crippen molar-refractivity contribution in [2.24, 2.45) is 0 Å². The number of Topliss-reactive ketones (excluding diaryl/α,β-unsaturated/α-hetero) is 1. The quantitative estimate of drug-likeness (QED) is 0.813. The van der Waals surface area contributed by atoms with Crippen molar-refractivity contribution in [1.29, 1.82) is 0 Å². The Kier molecular flexibility index (Phi) is 3.52. The van der Waals surface area contributed by atoms with Crippen molar-refractivity contribution in [3.63, 3.8) is 0 Å². The average molecular weight is 270 g/mol. The van der Waals surface area contributed by atoms with Crippen molar-refractivity contribution in [2.45, 2.75) is 38.5 Å². The Morgan fingerprint density at radius 1 is 1.37 bits per heavy atom. The van der Waals surface area contributed by atoms with Gasteiger partial charge < -0.3 is 0 Å². The molecule has 1 aliphatic rings. The van der Waals surface area contributed by atoms with Crippen molar-refractivity contribution in [1.82, 2.24) is 0 Å². The molecule has 98 valence electrons. The minimum Gasteiger partial charge on any atom is -0.299 e. The number of benzene rings is 1. The highest BCUT2D eigenvalue weighted by molar-refractivity contribution is 7.10. The highest BCUT2D eigenvalue weighted by atomic mass is 32.1. The maximum Gasteiger partial charge on any atom is 0.144 e. The van der Waals surface area contributed by atoms with E-state index in [9.17, 15) is 4.79 Å². The fourth-order valence-corrected chi connectivity index (χ4v) is 3.95. The number of fused-ring (bicyclic) bond motifs is 1. The van der Waals surface area contributed by atoms with Gasteiger partial charge in [-0.05, 0) is 48.8 Å². The average Bonchev–Trinajstić information content (AvgIpc) is 2.86. The van der Waals surface area contributed by atoms with Crippen LogP contribution in [0.4, 0.5) is 0 Å². The van der Waals surface area contributed by atoms with Gasteiger partial charge in [0.05, 0.1) is 0 Å². The minimum atomic E-state index is 0.135. The summed E-state index contributed by atoms with van der Waals surface area (Å²) in [5, 5.41) is 2.13. The summed E-state index contributed by atoms with van der Waals surface area (Å²) in [6.07, 6.45) is 3.90. The molecule has 0 spiro atoms. The van der Waals surface area contributed by atoms with Crippen LogP contribution in [0, 0.1) is 6.92 Å². The Bertz CT molecular complexity index is 597. The summed E-state index contributed by atoms with van der Waals surface area (Å²) in [5.74, 6) is 0.514. The number of ketones is 1. The fraction of sp³-hybridized carbons (Fsp3) is 0.353. The number of hydrogen-bond acceptors (Lipinski definition) is 2. The van der Waals surface area contributed by atoms with E-state index in [0.29, 0.717) is 12.2 Å². The molecule has 1 heterocycles. The third-order valence-electron chi connectivity index (χ3n) is 3.90. The number of carbonyl (C=O) groups is 1. The van der Waals surface area contributed by atoms with E-state index in [4.69, 9.17) is 0 Å². The molecule has 3 rings (SSSR count). The predicted octanol–water partition coefficient (Wildman–Crippen LogP) is 4.29. The Morgan fingerprint density at radius 3 is 3.11 bits per heavy atom. The zero-order chi connectivity index (χ0) is 13.2. The second-order valence-corrected chi connectivity index (χ2v) is 6.38. The molecule has 1 atom stereocenters. The standard InChI is InChI=1S/C17H18OS/c1-12-4-2-5-13(10-12)11-16(18)14-6-3-7-17-15(14)8-9-19-17/h2,4-5,8-10,14H,3,6-7,11H2,1H3. The molecular weight excluding hydrogens is 252 g/mol. The van der Waals surface area contributed by atoms with Gasteiger partial charge in [-0.15, -0.1) is 11.3 Å². The predicted molar refractivity (Wildman–Crippen MR) is 79.9 cm³/mol. The lowest BCUT2D eigenvalue weighted by Crippen LogP contribution is -2.19. The zero-order valence-corrected chi connectivity index (χ0v) is 12.0. The molecule has 1 aromatic heterocycles. The van der Waals surface area contributed by atoms with E-state index in [1.165, 1.54) is 16.0 Å². The lowest BCUT2D eigenvalue weighted by Gasteiger charge is -2.21. The van der Waals surface area contributed by atoms with Crippen LogP contribution in [-0.2, 0) is 17.6 Å². The molecule has 0 amide bonds. The SMILES string of the molecule is Cc1cccc(CC(=O)C2CCCc3sccc32)c1. The molecule has 1 nitrogen and oxygen atoms in total. The van der Waals surface area contributed by atoms with Gasteiger partial charge >= 0.3 is 0 Å². The third kappa shape index (κ3) is 2.64. The van der Waals surface area contributed by atoms with Crippen LogP contribution in [-0.4, -0.2) is 5.78 Å². The van der Waals surface area contributed by atoms with Gasteiger partial charge in [0.25, 0.3) is 0 Å². The van der Waals surface area contributed by atoms with Crippen LogP contribution >= 0.6 is 11.3 Å². The molecule has 0 fully saturated rings. The Hall–Kier alpha value is -1.41. The molecule has 0 saturated heterocycles. The van der Waals surface area contributed by atoms with Gasteiger partial charge in [-0.2, -0.15) is 0 Å². The molecule has 0 bridgehead atoms. The smallest absolute Gasteiger partial charge is 0.144 e. The van der Waals surface area contributed by atoms with Gasteiger partial charge in [0.1, 0.15) is 5.78 Å². The van der Waals surface area contributed by atoms with Crippen LogP contribution in [0.1, 0.15) is 40.3 Å². The first kappa shape index (κ1) is 12.6. The molecule has 19 heavy (non-hydrogen) atoms. The number of thiophene rings is 1. The molecule has 1 aliphatic carbocycles. The second-order valence-electron chi connectivity index (χ2n) is 5.38. The van der Waals surface area contributed by atoms with Gasteiger partial charge in [0, 0.05) is 17.2 Å². The summed E-state index contributed by atoms with van der Waals surface area (Å²) in [6, 6.07) is 10.4. The molecule has 0 N–H and O–H groups in total. The van der Waals surface area contributed by atoms with E-state index in [0.717, 1.165) is 24.8 Å². The number of rotatable bonds is 3. The maximum absolute atomic E-state index is 12.5. The summed E-state index contributed by atoms with van der Waals surface area (Å²) < 4.78 is 0. The van der Waals surface area contributed by atoms with Gasteiger partial charge in [-0.25, -0.2) is 0 Å². The first-order chi connectivity index (χ1) is 9.24. The van der Waals surface area contributed by atoms with Gasteiger partial charge in [0.15, 0.2) is 0 Å². The van der Waals surface area contributed by atoms with Gasteiger partial charge in [-0.1, -0.05) is 29.8 Å². The van der Waals surface area contributed by atoms with Crippen molar-refractivity contribution < 1.29 is 4.79 Å². The van der Waals surface area contributed by atoms with E-state index >= 15 is 0 Å². The Morgan fingerprint density at radius 2 is 2.26 bits per heavy atom. The largest absolute Gasteiger partial charge is 0.299 e. The van der Waals surface area contributed by atoms with Crippen molar-refractivity contribution in [2.75, 3.05) is 0 Å². The number of aryl methyl sites for hydroxylation is 2. The van der Waals surface area contributed by atoms with E-state index in [1.54, 1.807) is 11.3 Å². The van der Waals surface area contributed by atoms with E-state index in [1.807, 2.05) is 6.07 Å². The summed E-state index contributed by atoms with van der Waals surface area (Å²) in [6.45, 7) is 2.07. The molecular formula is C17H18OS. The van der Waals surface area contributed by atoms with E-state index in [-0.39, 0.29) is 5.92 Å². The van der Waals surface area contributed by atoms with Crippen molar-refractivity contribution in [3.05, 3.63) is 57.3 Å². The molecule has 1 aromatic carbocycles. The molecule has 0 aliphatic heterocycles. The molecule has 2 heteroatoms.